The van der Waals surface area contributed by atoms with Crippen molar-refractivity contribution < 1.29 is 9.34 Å². The lowest BCUT2D eigenvalue weighted by Gasteiger charge is -2.08. The van der Waals surface area contributed by atoms with Crippen LogP contribution in [-0.4, -0.2) is 15.1 Å². The van der Waals surface area contributed by atoms with Gasteiger partial charge >= 0.3 is 0 Å². The first-order valence-electron chi connectivity index (χ1n) is 7.04. The van der Waals surface area contributed by atoms with Gasteiger partial charge in [0.15, 0.2) is 0 Å². The zero-order chi connectivity index (χ0) is 17.1. The van der Waals surface area contributed by atoms with Crippen LogP contribution >= 0.6 is 27.7 Å². The summed E-state index contributed by atoms with van der Waals surface area (Å²) in [6, 6.07) is 13.9. The van der Waals surface area contributed by atoms with Gasteiger partial charge in [-0.05, 0) is 47.1 Å². The van der Waals surface area contributed by atoms with Gasteiger partial charge in [0.25, 0.3) is 5.69 Å². The maximum atomic E-state index is 10.7. The fourth-order valence-electron chi connectivity index (χ4n) is 2.02. The molecule has 0 aliphatic rings. The largest absolute Gasteiger partial charge is 0.419 e. The molecule has 0 saturated carbocycles. The van der Waals surface area contributed by atoms with Crippen LogP contribution in [0.1, 0.15) is 18.1 Å². The predicted molar refractivity (Wildman–Crippen MR) is 94.8 cm³/mol. The Morgan fingerprint density at radius 1 is 1.17 bits per heavy atom. The number of thioether (sulfide) groups is 1. The highest BCUT2D eigenvalue weighted by Gasteiger charge is 2.17. The van der Waals surface area contributed by atoms with Crippen LogP contribution < -0.4 is 0 Å². The normalized spacial score (nSPS) is 12.1. The highest BCUT2D eigenvalue weighted by molar-refractivity contribution is 9.10. The molecule has 3 rings (SSSR count). The van der Waals surface area contributed by atoms with E-state index in [1.165, 1.54) is 12.1 Å². The lowest BCUT2D eigenvalue weighted by Crippen LogP contribution is -1.89. The fraction of sp³-hybridized carbons (Fsp3) is 0.125. The number of nitro groups is 1. The van der Waals surface area contributed by atoms with Gasteiger partial charge in [-0.1, -0.05) is 12.1 Å². The van der Waals surface area contributed by atoms with E-state index in [9.17, 15) is 10.1 Å². The van der Waals surface area contributed by atoms with Crippen LogP contribution in [-0.2, 0) is 0 Å². The molecule has 3 aromatic rings. The quantitative estimate of drug-likeness (QED) is 0.327. The summed E-state index contributed by atoms with van der Waals surface area (Å²) in [5.41, 5.74) is 0.675. The monoisotopic (exact) mass is 405 g/mol. The molecule has 2 aromatic carbocycles. The summed E-state index contributed by atoms with van der Waals surface area (Å²) in [5.74, 6) is 0.851. The summed E-state index contributed by atoms with van der Waals surface area (Å²) in [6.07, 6.45) is 0. The summed E-state index contributed by atoms with van der Waals surface area (Å²) in [6.45, 7) is 1.98. The van der Waals surface area contributed by atoms with Gasteiger partial charge in [-0.2, -0.15) is 0 Å². The van der Waals surface area contributed by atoms with Crippen LogP contribution in [0.4, 0.5) is 5.69 Å². The van der Waals surface area contributed by atoms with Crippen molar-refractivity contribution >= 4 is 33.4 Å². The second-order valence-electron chi connectivity index (χ2n) is 4.94. The Kier molecular flexibility index (Phi) is 4.96. The topological polar surface area (TPSA) is 82.1 Å². The lowest BCUT2D eigenvalue weighted by atomic mass is 10.2. The van der Waals surface area contributed by atoms with Crippen molar-refractivity contribution in [3.63, 3.8) is 0 Å². The molecule has 0 amide bonds. The van der Waals surface area contributed by atoms with Crippen molar-refractivity contribution in [2.24, 2.45) is 0 Å². The third kappa shape index (κ3) is 3.65. The Morgan fingerprint density at radius 2 is 1.88 bits per heavy atom. The van der Waals surface area contributed by atoms with E-state index in [1.807, 2.05) is 31.2 Å². The van der Waals surface area contributed by atoms with Crippen LogP contribution in [0.25, 0.3) is 11.5 Å². The zero-order valence-electron chi connectivity index (χ0n) is 12.5. The van der Waals surface area contributed by atoms with E-state index in [2.05, 4.69) is 26.1 Å². The Labute approximate surface area is 150 Å². The summed E-state index contributed by atoms with van der Waals surface area (Å²) < 4.78 is 6.73. The molecule has 6 nitrogen and oxygen atoms in total. The van der Waals surface area contributed by atoms with E-state index in [1.54, 1.807) is 23.9 Å². The number of halogens is 1. The Morgan fingerprint density at radius 3 is 2.54 bits per heavy atom. The first kappa shape index (κ1) is 16.7. The third-order valence-electron chi connectivity index (χ3n) is 3.25. The van der Waals surface area contributed by atoms with E-state index < -0.39 is 4.92 Å². The number of hydrogen-bond donors (Lipinski definition) is 0. The molecule has 0 saturated heterocycles. The SMILES string of the molecule is CC(Sc1ccccc1Br)c1nnc(-c2ccc([N+](=O)[O-])cc2)o1. The molecule has 0 bridgehead atoms. The van der Waals surface area contributed by atoms with Gasteiger partial charge in [-0.25, -0.2) is 0 Å². The van der Waals surface area contributed by atoms with E-state index in [0.29, 0.717) is 17.3 Å². The van der Waals surface area contributed by atoms with Crippen molar-refractivity contribution in [3.8, 4) is 11.5 Å². The number of aromatic nitrogens is 2. The zero-order valence-corrected chi connectivity index (χ0v) is 15.0. The fourth-order valence-corrected chi connectivity index (χ4v) is 3.50. The van der Waals surface area contributed by atoms with Gasteiger partial charge in [-0.15, -0.1) is 22.0 Å². The molecule has 1 aromatic heterocycles. The average Bonchev–Trinajstić information content (AvgIpc) is 3.07. The van der Waals surface area contributed by atoms with Crippen molar-refractivity contribution in [1.29, 1.82) is 0 Å². The van der Waals surface area contributed by atoms with E-state index in [-0.39, 0.29) is 10.9 Å². The number of hydrogen-bond acceptors (Lipinski definition) is 6. The minimum absolute atomic E-state index is 0.0244. The van der Waals surface area contributed by atoms with Crippen LogP contribution in [0.3, 0.4) is 0 Å². The van der Waals surface area contributed by atoms with Crippen molar-refractivity contribution in [2.75, 3.05) is 0 Å². The summed E-state index contributed by atoms with van der Waals surface area (Å²) in [5, 5.41) is 18.8. The number of rotatable bonds is 5. The number of non-ortho nitro benzene ring substituents is 1. The molecule has 0 spiro atoms. The van der Waals surface area contributed by atoms with Gasteiger partial charge in [0, 0.05) is 27.1 Å². The van der Waals surface area contributed by atoms with Crippen LogP contribution in [0.2, 0.25) is 0 Å². The van der Waals surface area contributed by atoms with Gasteiger partial charge in [-0.3, -0.25) is 10.1 Å². The number of benzene rings is 2. The minimum Gasteiger partial charge on any atom is -0.419 e. The smallest absolute Gasteiger partial charge is 0.269 e. The molecule has 0 N–H and O–H groups in total. The van der Waals surface area contributed by atoms with Crippen LogP contribution in [0.5, 0.6) is 0 Å². The summed E-state index contributed by atoms with van der Waals surface area (Å²) in [7, 11) is 0. The van der Waals surface area contributed by atoms with Gasteiger partial charge < -0.3 is 4.42 Å². The van der Waals surface area contributed by atoms with Crippen molar-refractivity contribution in [1.82, 2.24) is 10.2 Å². The Hall–Kier alpha value is -2.19. The maximum absolute atomic E-state index is 10.7. The summed E-state index contributed by atoms with van der Waals surface area (Å²) >= 11 is 5.12. The first-order chi connectivity index (χ1) is 11.5. The van der Waals surface area contributed by atoms with Gasteiger partial charge in [0.05, 0.1) is 10.2 Å². The minimum atomic E-state index is -0.445. The molecule has 122 valence electrons. The first-order valence-corrected chi connectivity index (χ1v) is 8.71. The van der Waals surface area contributed by atoms with Crippen molar-refractivity contribution in [3.05, 3.63) is 69.0 Å². The molecule has 0 fully saturated rings. The van der Waals surface area contributed by atoms with Gasteiger partial charge in [0.2, 0.25) is 11.8 Å². The van der Waals surface area contributed by atoms with Crippen molar-refractivity contribution in [2.45, 2.75) is 17.1 Å². The average molecular weight is 406 g/mol. The second-order valence-corrected chi connectivity index (χ2v) is 7.18. The Bertz CT molecular complexity index is 867. The highest BCUT2D eigenvalue weighted by Crippen LogP contribution is 2.38. The maximum Gasteiger partial charge on any atom is 0.269 e. The number of nitrogens with zero attached hydrogens (tertiary/aromatic N) is 3. The molecule has 1 atom stereocenters. The van der Waals surface area contributed by atoms with E-state index in [0.717, 1.165) is 9.37 Å². The molecular formula is C16H12BrN3O3S. The molecule has 0 radical (unpaired) electrons. The molecule has 1 heterocycles. The highest BCUT2D eigenvalue weighted by atomic mass is 79.9. The molecule has 1 unspecified atom stereocenters. The Balaban J connectivity index is 1.77. The van der Waals surface area contributed by atoms with Gasteiger partial charge in [0.1, 0.15) is 0 Å². The predicted octanol–water partition coefficient (Wildman–Crippen LogP) is 5.26. The van der Waals surface area contributed by atoms with E-state index in [4.69, 9.17) is 4.42 Å². The molecule has 0 aliphatic heterocycles. The molecule has 8 heteroatoms. The second kappa shape index (κ2) is 7.14. The summed E-state index contributed by atoms with van der Waals surface area (Å²) in [4.78, 5) is 11.3. The lowest BCUT2D eigenvalue weighted by molar-refractivity contribution is -0.384. The standard InChI is InChI=1S/C16H12BrN3O3S/c1-10(24-14-5-3-2-4-13(14)17)15-18-19-16(23-15)11-6-8-12(9-7-11)20(21)22/h2-10H,1H3. The third-order valence-corrected chi connectivity index (χ3v) is 5.37. The van der Waals surface area contributed by atoms with Crippen LogP contribution in [0, 0.1) is 10.1 Å². The molecular weight excluding hydrogens is 394 g/mol. The van der Waals surface area contributed by atoms with E-state index >= 15 is 0 Å². The number of nitro benzene ring substituents is 1. The molecule has 0 aliphatic carbocycles. The van der Waals surface area contributed by atoms with Crippen LogP contribution in [0.15, 0.2) is 62.3 Å². The molecule has 24 heavy (non-hydrogen) atoms.